The standard InChI is InChI=1S/C29H33BrN2O3/c1-20(2)31-29(34)26(17-23-10-6-5-7-11-23)32(18-24-13-15-25(30)16-14-24)28(33)19-35-27-12-8-9-21(3)22(27)4/h5-16,20,26H,17-19H2,1-4H3,(H,31,34)/t26-/m1/s1. The molecular formula is C29H33BrN2O3. The van der Waals surface area contributed by atoms with Crippen LogP contribution in [0.4, 0.5) is 0 Å². The number of halogens is 1. The number of carbonyl (C=O) groups excluding carboxylic acids is 2. The highest BCUT2D eigenvalue weighted by Gasteiger charge is 2.31. The average molecular weight is 537 g/mol. The number of rotatable bonds is 10. The Balaban J connectivity index is 1.92. The van der Waals surface area contributed by atoms with Crippen molar-refractivity contribution >= 4 is 27.7 Å². The molecule has 0 aliphatic carbocycles. The molecule has 0 fully saturated rings. The van der Waals surface area contributed by atoms with E-state index in [2.05, 4.69) is 21.2 Å². The van der Waals surface area contributed by atoms with E-state index >= 15 is 0 Å². The summed E-state index contributed by atoms with van der Waals surface area (Å²) < 4.78 is 6.90. The van der Waals surface area contributed by atoms with Gasteiger partial charge in [0.25, 0.3) is 5.91 Å². The summed E-state index contributed by atoms with van der Waals surface area (Å²) in [5.74, 6) is 0.253. The fraction of sp³-hybridized carbons (Fsp3) is 0.310. The molecule has 3 aromatic carbocycles. The van der Waals surface area contributed by atoms with Crippen LogP contribution in [0.1, 0.15) is 36.1 Å². The Morgan fingerprint density at radius 1 is 0.914 bits per heavy atom. The van der Waals surface area contributed by atoms with E-state index in [0.29, 0.717) is 18.7 Å². The third-order valence-corrected chi connectivity index (χ3v) is 6.40. The van der Waals surface area contributed by atoms with Gasteiger partial charge in [0.2, 0.25) is 5.91 Å². The van der Waals surface area contributed by atoms with E-state index in [1.807, 2.05) is 100 Å². The molecule has 1 N–H and O–H groups in total. The van der Waals surface area contributed by atoms with Crippen molar-refractivity contribution in [2.75, 3.05) is 6.61 Å². The maximum Gasteiger partial charge on any atom is 0.261 e. The van der Waals surface area contributed by atoms with Crippen LogP contribution >= 0.6 is 15.9 Å². The summed E-state index contributed by atoms with van der Waals surface area (Å²) in [4.78, 5) is 28.6. The van der Waals surface area contributed by atoms with Gasteiger partial charge in [-0.3, -0.25) is 9.59 Å². The van der Waals surface area contributed by atoms with Crippen molar-refractivity contribution < 1.29 is 14.3 Å². The number of nitrogens with one attached hydrogen (secondary N) is 1. The van der Waals surface area contributed by atoms with Crippen molar-refractivity contribution in [2.45, 2.75) is 52.7 Å². The van der Waals surface area contributed by atoms with Gasteiger partial charge in [0.15, 0.2) is 6.61 Å². The third-order valence-electron chi connectivity index (χ3n) is 5.87. The molecule has 0 spiro atoms. The molecule has 0 heterocycles. The van der Waals surface area contributed by atoms with Crippen LogP contribution in [0.25, 0.3) is 0 Å². The van der Waals surface area contributed by atoms with Gasteiger partial charge >= 0.3 is 0 Å². The van der Waals surface area contributed by atoms with Crippen LogP contribution < -0.4 is 10.1 Å². The fourth-order valence-corrected chi connectivity index (χ4v) is 4.09. The minimum absolute atomic E-state index is 0.0448. The van der Waals surface area contributed by atoms with Crippen LogP contribution in [0, 0.1) is 13.8 Å². The number of amides is 2. The van der Waals surface area contributed by atoms with Crippen LogP contribution in [0.3, 0.4) is 0 Å². The lowest BCUT2D eigenvalue weighted by Crippen LogP contribution is -2.52. The molecule has 0 saturated heterocycles. The van der Waals surface area contributed by atoms with Crippen LogP contribution in [0.5, 0.6) is 5.75 Å². The first kappa shape index (κ1) is 26.5. The van der Waals surface area contributed by atoms with Crippen LogP contribution in [0.2, 0.25) is 0 Å². The SMILES string of the molecule is Cc1cccc(OCC(=O)N(Cc2ccc(Br)cc2)[C@H](Cc2ccccc2)C(=O)NC(C)C)c1C. The minimum atomic E-state index is -0.682. The second kappa shape index (κ2) is 12.5. The molecule has 0 aromatic heterocycles. The van der Waals surface area contributed by atoms with E-state index < -0.39 is 6.04 Å². The topological polar surface area (TPSA) is 58.6 Å². The average Bonchev–Trinajstić information content (AvgIpc) is 2.83. The smallest absolute Gasteiger partial charge is 0.261 e. The summed E-state index contributed by atoms with van der Waals surface area (Å²) in [6.45, 7) is 7.97. The molecule has 0 saturated carbocycles. The lowest BCUT2D eigenvalue weighted by molar-refractivity contribution is -0.143. The molecule has 0 radical (unpaired) electrons. The molecule has 3 aromatic rings. The zero-order valence-electron chi connectivity index (χ0n) is 20.8. The molecule has 0 aliphatic rings. The predicted molar refractivity (Wildman–Crippen MR) is 143 cm³/mol. The van der Waals surface area contributed by atoms with Gasteiger partial charge in [-0.2, -0.15) is 0 Å². The van der Waals surface area contributed by atoms with E-state index in [9.17, 15) is 9.59 Å². The monoisotopic (exact) mass is 536 g/mol. The summed E-state index contributed by atoms with van der Waals surface area (Å²) in [6, 6.07) is 22.6. The maximum atomic E-state index is 13.6. The van der Waals surface area contributed by atoms with Gasteiger partial charge in [-0.25, -0.2) is 0 Å². The van der Waals surface area contributed by atoms with E-state index in [0.717, 1.165) is 26.7 Å². The number of carbonyl (C=O) groups is 2. The summed E-state index contributed by atoms with van der Waals surface area (Å²) in [7, 11) is 0. The van der Waals surface area contributed by atoms with Gasteiger partial charge in [0.05, 0.1) is 0 Å². The second-order valence-corrected chi connectivity index (χ2v) is 9.92. The van der Waals surface area contributed by atoms with E-state index in [1.54, 1.807) is 4.90 Å². The summed E-state index contributed by atoms with van der Waals surface area (Å²) in [5.41, 5.74) is 4.02. The van der Waals surface area contributed by atoms with Gasteiger partial charge in [-0.1, -0.05) is 70.5 Å². The molecule has 0 aliphatic heterocycles. The lowest BCUT2D eigenvalue weighted by Gasteiger charge is -2.32. The maximum absolute atomic E-state index is 13.6. The molecule has 6 heteroatoms. The Hall–Kier alpha value is -3.12. The molecule has 5 nitrogen and oxygen atoms in total. The zero-order valence-corrected chi connectivity index (χ0v) is 22.3. The van der Waals surface area contributed by atoms with Crippen molar-refractivity contribution in [1.29, 1.82) is 0 Å². The van der Waals surface area contributed by atoms with Gasteiger partial charge in [0, 0.05) is 23.5 Å². The predicted octanol–water partition coefficient (Wildman–Crippen LogP) is 5.61. The van der Waals surface area contributed by atoms with Crippen molar-refractivity contribution in [1.82, 2.24) is 10.2 Å². The van der Waals surface area contributed by atoms with E-state index in [-0.39, 0.29) is 24.5 Å². The minimum Gasteiger partial charge on any atom is -0.483 e. The number of nitrogens with zero attached hydrogens (tertiary/aromatic N) is 1. The molecule has 35 heavy (non-hydrogen) atoms. The molecule has 0 unspecified atom stereocenters. The van der Waals surface area contributed by atoms with Gasteiger partial charge < -0.3 is 15.0 Å². The molecule has 184 valence electrons. The zero-order chi connectivity index (χ0) is 25.4. The normalized spacial score (nSPS) is 11.7. The van der Waals surface area contributed by atoms with Crippen LogP contribution in [-0.2, 0) is 22.6 Å². The highest BCUT2D eigenvalue weighted by molar-refractivity contribution is 9.10. The summed E-state index contributed by atoms with van der Waals surface area (Å²) in [6.07, 6.45) is 0.408. The van der Waals surface area contributed by atoms with Crippen molar-refractivity contribution in [2.24, 2.45) is 0 Å². The Labute approximate surface area is 216 Å². The van der Waals surface area contributed by atoms with Gasteiger partial charge in [0.1, 0.15) is 11.8 Å². The first-order valence-corrected chi connectivity index (χ1v) is 12.6. The molecule has 1 atom stereocenters. The number of aryl methyl sites for hydroxylation is 1. The second-order valence-electron chi connectivity index (χ2n) is 9.00. The molecule has 2 amide bonds. The van der Waals surface area contributed by atoms with E-state index in [4.69, 9.17) is 4.74 Å². The Morgan fingerprint density at radius 2 is 1.60 bits per heavy atom. The number of benzene rings is 3. The Morgan fingerprint density at radius 3 is 2.26 bits per heavy atom. The molecular weight excluding hydrogens is 504 g/mol. The van der Waals surface area contributed by atoms with Crippen LogP contribution in [0.15, 0.2) is 77.3 Å². The molecule has 0 bridgehead atoms. The third kappa shape index (κ3) is 7.69. The van der Waals surface area contributed by atoms with Crippen molar-refractivity contribution in [3.05, 3.63) is 99.5 Å². The largest absolute Gasteiger partial charge is 0.483 e. The number of hydrogen-bond acceptors (Lipinski definition) is 3. The highest BCUT2D eigenvalue weighted by atomic mass is 79.9. The van der Waals surface area contributed by atoms with Crippen molar-refractivity contribution in [3.63, 3.8) is 0 Å². The van der Waals surface area contributed by atoms with Crippen molar-refractivity contribution in [3.8, 4) is 5.75 Å². The van der Waals surface area contributed by atoms with Crippen LogP contribution in [-0.4, -0.2) is 35.4 Å². The first-order chi connectivity index (χ1) is 16.7. The summed E-state index contributed by atoms with van der Waals surface area (Å²) in [5, 5.41) is 3.00. The lowest BCUT2D eigenvalue weighted by atomic mass is 10.0. The Kier molecular flexibility index (Phi) is 9.49. The summed E-state index contributed by atoms with van der Waals surface area (Å²) >= 11 is 3.46. The number of hydrogen-bond donors (Lipinski definition) is 1. The quantitative estimate of drug-likeness (QED) is 0.366. The van der Waals surface area contributed by atoms with Gasteiger partial charge in [-0.15, -0.1) is 0 Å². The van der Waals surface area contributed by atoms with Gasteiger partial charge in [-0.05, 0) is 68.1 Å². The van der Waals surface area contributed by atoms with E-state index in [1.165, 1.54) is 0 Å². The molecule has 3 rings (SSSR count). The first-order valence-electron chi connectivity index (χ1n) is 11.8. The number of ether oxygens (including phenoxy) is 1. The fourth-order valence-electron chi connectivity index (χ4n) is 3.82. The highest BCUT2D eigenvalue weighted by Crippen LogP contribution is 2.22. The Bertz CT molecular complexity index is 1130.